The average molecular weight is 311 g/mol. The Morgan fingerprint density at radius 2 is 2.00 bits per heavy atom. The Balaban J connectivity index is 2.26. The van der Waals surface area contributed by atoms with Gasteiger partial charge in [-0.15, -0.1) is 0 Å². The molecule has 1 unspecified atom stereocenters. The van der Waals surface area contributed by atoms with E-state index in [0.717, 1.165) is 5.56 Å². The van der Waals surface area contributed by atoms with E-state index in [1.165, 1.54) is 0 Å². The zero-order chi connectivity index (χ0) is 15.5. The minimum atomic E-state index is -3.09. The predicted molar refractivity (Wildman–Crippen MR) is 80.7 cm³/mol. The molecular weight excluding hydrogens is 290 g/mol. The van der Waals surface area contributed by atoms with Crippen LogP contribution in [0.1, 0.15) is 25.8 Å². The smallest absolute Gasteiger partial charge is 0.410 e. The minimum absolute atomic E-state index is 0.00829. The molecule has 0 aliphatic carbocycles. The Labute approximate surface area is 125 Å². The summed E-state index contributed by atoms with van der Waals surface area (Å²) in [6.45, 7) is 4.18. The summed E-state index contributed by atoms with van der Waals surface area (Å²) in [6.07, 6.45) is -0.0120. The third-order valence-corrected chi connectivity index (χ3v) is 5.69. The van der Waals surface area contributed by atoms with Crippen molar-refractivity contribution in [2.75, 3.05) is 18.1 Å². The molecule has 1 atom stereocenters. The highest BCUT2D eigenvalue weighted by molar-refractivity contribution is 7.91. The highest BCUT2D eigenvalue weighted by Gasteiger charge is 2.45. The number of amides is 1. The molecule has 116 valence electrons. The van der Waals surface area contributed by atoms with Gasteiger partial charge in [0.15, 0.2) is 9.84 Å². The van der Waals surface area contributed by atoms with Crippen LogP contribution in [0.4, 0.5) is 4.79 Å². The van der Waals surface area contributed by atoms with Crippen molar-refractivity contribution in [2.24, 2.45) is 0 Å². The van der Waals surface area contributed by atoms with Crippen LogP contribution >= 0.6 is 0 Å². The molecule has 1 saturated heterocycles. The second-order valence-corrected chi connectivity index (χ2v) is 7.79. The normalized spacial score (nSPS) is 23.7. The molecule has 21 heavy (non-hydrogen) atoms. The van der Waals surface area contributed by atoms with Gasteiger partial charge in [0.2, 0.25) is 0 Å². The first-order chi connectivity index (χ1) is 9.86. The van der Waals surface area contributed by atoms with E-state index in [-0.39, 0.29) is 18.1 Å². The summed E-state index contributed by atoms with van der Waals surface area (Å²) >= 11 is 0. The third-order valence-electron chi connectivity index (χ3n) is 3.81. The molecule has 1 heterocycles. The SMILES string of the molecule is CCOC(=O)N(Cc1ccccc1)C1(C)CCS(=O)(=O)C1. The second kappa shape index (κ2) is 6.05. The van der Waals surface area contributed by atoms with E-state index in [9.17, 15) is 13.2 Å². The van der Waals surface area contributed by atoms with E-state index in [1.54, 1.807) is 11.8 Å². The Morgan fingerprint density at radius 1 is 1.33 bits per heavy atom. The van der Waals surface area contributed by atoms with Gasteiger partial charge in [-0.05, 0) is 25.8 Å². The fraction of sp³-hybridized carbons (Fsp3) is 0.533. The Morgan fingerprint density at radius 3 is 2.52 bits per heavy atom. The molecule has 1 aliphatic rings. The maximum atomic E-state index is 12.3. The number of hydrogen-bond acceptors (Lipinski definition) is 4. The van der Waals surface area contributed by atoms with Crippen molar-refractivity contribution in [3.8, 4) is 0 Å². The van der Waals surface area contributed by atoms with Gasteiger partial charge in [-0.3, -0.25) is 4.90 Å². The molecule has 0 saturated carbocycles. The third kappa shape index (κ3) is 3.75. The molecule has 0 radical (unpaired) electrons. The number of carbonyl (C=O) groups is 1. The van der Waals surface area contributed by atoms with Crippen LogP contribution in [0.15, 0.2) is 30.3 Å². The molecule has 1 aromatic rings. The molecule has 6 heteroatoms. The highest BCUT2D eigenvalue weighted by atomic mass is 32.2. The first-order valence-corrected chi connectivity index (χ1v) is 8.87. The van der Waals surface area contributed by atoms with Gasteiger partial charge in [0.1, 0.15) is 0 Å². The summed E-state index contributed by atoms with van der Waals surface area (Å²) < 4.78 is 28.7. The van der Waals surface area contributed by atoms with Gasteiger partial charge in [-0.1, -0.05) is 30.3 Å². The van der Waals surface area contributed by atoms with Crippen LogP contribution in [0.5, 0.6) is 0 Å². The lowest BCUT2D eigenvalue weighted by atomic mass is 9.99. The molecule has 2 rings (SSSR count). The summed E-state index contributed by atoms with van der Waals surface area (Å²) in [6, 6.07) is 9.52. The van der Waals surface area contributed by atoms with Crippen molar-refractivity contribution >= 4 is 15.9 Å². The Bertz CT molecular complexity index is 599. The predicted octanol–water partition coefficient (Wildman–Crippen LogP) is 2.22. The van der Waals surface area contributed by atoms with Gasteiger partial charge in [0.05, 0.1) is 23.7 Å². The summed E-state index contributed by atoms with van der Waals surface area (Å²) in [5.41, 5.74) is 0.247. The fourth-order valence-corrected chi connectivity index (χ4v) is 4.79. The lowest BCUT2D eigenvalue weighted by Gasteiger charge is -2.36. The summed E-state index contributed by atoms with van der Waals surface area (Å²) in [5.74, 6) is 0.111. The maximum Gasteiger partial charge on any atom is 0.410 e. The molecule has 5 nitrogen and oxygen atoms in total. The van der Waals surface area contributed by atoms with Crippen LogP contribution in [0, 0.1) is 0 Å². The first-order valence-electron chi connectivity index (χ1n) is 7.05. The van der Waals surface area contributed by atoms with Gasteiger partial charge >= 0.3 is 6.09 Å². The second-order valence-electron chi connectivity index (χ2n) is 5.61. The number of rotatable bonds is 4. The molecule has 0 N–H and O–H groups in total. The van der Waals surface area contributed by atoms with Crippen LogP contribution in [0.2, 0.25) is 0 Å². The summed E-state index contributed by atoms with van der Waals surface area (Å²) in [7, 11) is -3.09. The lowest BCUT2D eigenvalue weighted by Crippen LogP contribution is -2.50. The molecule has 0 bridgehead atoms. The van der Waals surface area contributed by atoms with Crippen molar-refractivity contribution < 1.29 is 17.9 Å². The van der Waals surface area contributed by atoms with E-state index in [4.69, 9.17) is 4.74 Å². The van der Waals surface area contributed by atoms with E-state index in [0.29, 0.717) is 13.0 Å². The van der Waals surface area contributed by atoms with Gasteiger partial charge in [-0.25, -0.2) is 13.2 Å². The van der Waals surface area contributed by atoms with E-state index >= 15 is 0 Å². The largest absolute Gasteiger partial charge is 0.450 e. The van der Waals surface area contributed by atoms with Crippen LogP contribution in [-0.4, -0.2) is 43.1 Å². The summed E-state index contributed by atoms with van der Waals surface area (Å²) in [4.78, 5) is 13.8. The van der Waals surface area contributed by atoms with Gasteiger partial charge in [-0.2, -0.15) is 0 Å². The Hall–Kier alpha value is -1.56. The maximum absolute atomic E-state index is 12.3. The molecular formula is C15H21NO4S. The molecule has 1 amide bonds. The van der Waals surface area contributed by atoms with Gasteiger partial charge in [0.25, 0.3) is 0 Å². The van der Waals surface area contributed by atoms with E-state index in [2.05, 4.69) is 0 Å². The van der Waals surface area contributed by atoms with Gasteiger partial charge in [0, 0.05) is 6.54 Å². The van der Waals surface area contributed by atoms with Crippen LogP contribution < -0.4 is 0 Å². The fourth-order valence-electron chi connectivity index (χ4n) is 2.65. The van der Waals surface area contributed by atoms with Crippen molar-refractivity contribution in [3.63, 3.8) is 0 Å². The number of sulfone groups is 1. The molecule has 0 aromatic heterocycles. The Kier molecular flexibility index (Phi) is 4.56. The zero-order valence-corrected chi connectivity index (χ0v) is 13.2. The van der Waals surface area contributed by atoms with Gasteiger partial charge < -0.3 is 4.74 Å². The number of ether oxygens (including phenoxy) is 1. The van der Waals surface area contributed by atoms with E-state index < -0.39 is 21.5 Å². The van der Waals surface area contributed by atoms with Crippen LogP contribution in [0.25, 0.3) is 0 Å². The van der Waals surface area contributed by atoms with Crippen molar-refractivity contribution in [1.82, 2.24) is 4.90 Å². The number of hydrogen-bond donors (Lipinski definition) is 0. The standard InChI is InChI=1S/C15H21NO4S/c1-3-20-14(17)16(11-13-7-5-4-6-8-13)15(2)9-10-21(18,19)12-15/h4-8H,3,9-12H2,1-2H3. The van der Waals surface area contributed by atoms with Crippen molar-refractivity contribution in [2.45, 2.75) is 32.4 Å². The number of carbonyl (C=O) groups excluding carboxylic acids is 1. The molecule has 1 aliphatic heterocycles. The highest BCUT2D eigenvalue weighted by Crippen LogP contribution is 2.31. The van der Waals surface area contributed by atoms with Crippen LogP contribution in [-0.2, 0) is 21.1 Å². The quantitative estimate of drug-likeness (QED) is 0.855. The summed E-state index contributed by atoms with van der Waals surface area (Å²) in [5, 5.41) is 0. The molecule has 1 aromatic carbocycles. The van der Waals surface area contributed by atoms with Crippen LogP contribution in [0.3, 0.4) is 0 Å². The lowest BCUT2D eigenvalue weighted by molar-refractivity contribution is 0.0631. The topological polar surface area (TPSA) is 63.7 Å². The first kappa shape index (κ1) is 15.8. The zero-order valence-electron chi connectivity index (χ0n) is 12.4. The average Bonchev–Trinajstić information content (AvgIpc) is 2.72. The van der Waals surface area contributed by atoms with E-state index in [1.807, 2.05) is 37.3 Å². The van der Waals surface area contributed by atoms with Crippen molar-refractivity contribution in [1.29, 1.82) is 0 Å². The minimum Gasteiger partial charge on any atom is -0.450 e. The molecule has 1 fully saturated rings. The number of benzene rings is 1. The molecule has 0 spiro atoms. The van der Waals surface area contributed by atoms with Crippen molar-refractivity contribution in [3.05, 3.63) is 35.9 Å². The number of nitrogens with zero attached hydrogens (tertiary/aromatic N) is 1. The monoisotopic (exact) mass is 311 g/mol.